The summed E-state index contributed by atoms with van der Waals surface area (Å²) in [7, 11) is 1.61. The Balaban J connectivity index is 0.00000121. The Hall–Kier alpha value is -0.680. The summed E-state index contributed by atoms with van der Waals surface area (Å²) in [6.07, 6.45) is 3.98. The largest absolute Gasteiger partial charge is 0.504 e. The highest BCUT2D eigenvalue weighted by molar-refractivity contribution is 5.85. The van der Waals surface area contributed by atoms with Crippen molar-refractivity contribution in [2.75, 3.05) is 33.3 Å². The zero-order chi connectivity index (χ0) is 13.9. The van der Waals surface area contributed by atoms with Gasteiger partial charge >= 0.3 is 0 Å². The lowest BCUT2D eigenvalue weighted by Gasteiger charge is -2.35. The first-order chi connectivity index (χ1) is 9.78. The van der Waals surface area contributed by atoms with E-state index >= 15 is 0 Å². The zero-order valence-electron chi connectivity index (χ0n) is 13.0. The van der Waals surface area contributed by atoms with Crippen molar-refractivity contribution in [1.82, 2.24) is 10.2 Å². The molecule has 1 aromatic carbocycles. The van der Waals surface area contributed by atoms with Crippen molar-refractivity contribution in [1.29, 1.82) is 0 Å². The average molecular weight is 349 g/mol. The maximum Gasteiger partial charge on any atom is 0.160 e. The van der Waals surface area contributed by atoms with Gasteiger partial charge in [0.1, 0.15) is 0 Å². The Morgan fingerprint density at radius 1 is 1.27 bits per heavy atom. The molecule has 0 radical (unpaired) electrons. The lowest BCUT2D eigenvalue weighted by Crippen LogP contribution is -2.45. The van der Waals surface area contributed by atoms with E-state index < -0.39 is 0 Å². The molecule has 1 aliphatic carbocycles. The van der Waals surface area contributed by atoms with Crippen LogP contribution in [-0.2, 0) is 0 Å². The van der Waals surface area contributed by atoms with Crippen molar-refractivity contribution in [3.8, 4) is 11.5 Å². The Morgan fingerprint density at radius 3 is 2.55 bits per heavy atom. The topological polar surface area (TPSA) is 44.7 Å². The monoisotopic (exact) mass is 348 g/mol. The fourth-order valence-corrected chi connectivity index (χ4v) is 3.06. The molecule has 1 saturated carbocycles. The second-order valence-corrected chi connectivity index (χ2v) is 5.91. The van der Waals surface area contributed by atoms with E-state index in [4.69, 9.17) is 4.74 Å². The lowest BCUT2D eigenvalue weighted by molar-refractivity contribution is 0.160. The highest BCUT2D eigenvalue weighted by Gasteiger charge is 2.30. The van der Waals surface area contributed by atoms with Crippen LogP contribution in [-0.4, -0.2) is 43.3 Å². The van der Waals surface area contributed by atoms with Gasteiger partial charge in [-0.25, -0.2) is 0 Å². The van der Waals surface area contributed by atoms with Crippen molar-refractivity contribution in [2.45, 2.75) is 25.3 Å². The third kappa shape index (κ3) is 4.66. The minimum atomic E-state index is 0. The minimum Gasteiger partial charge on any atom is -0.504 e. The van der Waals surface area contributed by atoms with E-state index in [9.17, 15) is 5.11 Å². The van der Waals surface area contributed by atoms with Crippen molar-refractivity contribution in [3.05, 3.63) is 23.8 Å². The van der Waals surface area contributed by atoms with Gasteiger partial charge in [0.15, 0.2) is 11.5 Å². The standard InChI is InChI=1S/C16H24N2O2.2ClH/c1-20-16-11-13(4-5-15(16)19)14(10-12-2-3-12)18-8-6-17-7-9-18;;/h4-5,11-12,14,17,19H,2-3,6-10H2,1H3;2*1H/t14-;;/m1../s1. The van der Waals surface area contributed by atoms with Gasteiger partial charge in [-0.15, -0.1) is 24.8 Å². The zero-order valence-corrected chi connectivity index (χ0v) is 14.6. The van der Waals surface area contributed by atoms with Gasteiger partial charge in [-0.1, -0.05) is 18.9 Å². The van der Waals surface area contributed by atoms with E-state index in [1.165, 1.54) is 24.8 Å². The molecule has 6 heteroatoms. The van der Waals surface area contributed by atoms with Gasteiger partial charge in [0.2, 0.25) is 0 Å². The first-order valence-corrected chi connectivity index (χ1v) is 7.59. The van der Waals surface area contributed by atoms with Gasteiger partial charge in [-0.05, 0) is 30.0 Å². The molecule has 1 heterocycles. The second kappa shape index (κ2) is 8.82. The normalized spacial score (nSPS) is 19.7. The van der Waals surface area contributed by atoms with Crippen LogP contribution in [0.5, 0.6) is 11.5 Å². The first-order valence-electron chi connectivity index (χ1n) is 7.59. The van der Waals surface area contributed by atoms with E-state index in [0.717, 1.165) is 32.1 Å². The number of nitrogens with zero attached hydrogens (tertiary/aromatic N) is 1. The van der Waals surface area contributed by atoms with Crippen LogP contribution in [0.3, 0.4) is 0 Å². The first kappa shape index (κ1) is 19.4. The quantitative estimate of drug-likeness (QED) is 0.858. The summed E-state index contributed by atoms with van der Waals surface area (Å²) in [4.78, 5) is 2.57. The summed E-state index contributed by atoms with van der Waals surface area (Å²) in [5.74, 6) is 1.69. The summed E-state index contributed by atoms with van der Waals surface area (Å²) in [6.45, 7) is 4.33. The second-order valence-electron chi connectivity index (χ2n) is 5.91. The van der Waals surface area contributed by atoms with Crippen LogP contribution in [0.4, 0.5) is 0 Å². The van der Waals surface area contributed by atoms with E-state index in [-0.39, 0.29) is 30.6 Å². The average Bonchev–Trinajstić information content (AvgIpc) is 3.30. The molecule has 4 nitrogen and oxygen atoms in total. The van der Waals surface area contributed by atoms with Crippen LogP contribution in [0, 0.1) is 5.92 Å². The summed E-state index contributed by atoms with van der Waals surface area (Å²) in [6, 6.07) is 6.27. The maximum atomic E-state index is 9.77. The van der Waals surface area contributed by atoms with E-state index in [2.05, 4.69) is 10.2 Å². The molecule has 0 spiro atoms. The van der Waals surface area contributed by atoms with Crippen molar-refractivity contribution in [3.63, 3.8) is 0 Å². The maximum absolute atomic E-state index is 9.77. The highest BCUT2D eigenvalue weighted by atomic mass is 35.5. The molecule has 1 aliphatic heterocycles. The Morgan fingerprint density at radius 2 is 1.95 bits per heavy atom. The molecule has 1 saturated heterocycles. The molecular formula is C16H26Cl2N2O2. The molecule has 1 atom stereocenters. The lowest BCUT2D eigenvalue weighted by atomic mass is 9.98. The summed E-state index contributed by atoms with van der Waals surface area (Å²) in [5, 5.41) is 13.2. The van der Waals surface area contributed by atoms with Gasteiger partial charge in [-0.3, -0.25) is 4.90 Å². The molecule has 22 heavy (non-hydrogen) atoms. The smallest absolute Gasteiger partial charge is 0.160 e. The fourth-order valence-electron chi connectivity index (χ4n) is 3.06. The van der Waals surface area contributed by atoms with E-state index in [0.29, 0.717) is 11.8 Å². The van der Waals surface area contributed by atoms with Gasteiger partial charge in [0.25, 0.3) is 0 Å². The minimum absolute atomic E-state index is 0. The number of hydrogen-bond donors (Lipinski definition) is 2. The van der Waals surface area contributed by atoms with E-state index in [1.54, 1.807) is 13.2 Å². The molecule has 126 valence electrons. The molecule has 2 aliphatic rings. The third-order valence-corrected chi connectivity index (χ3v) is 4.43. The van der Waals surface area contributed by atoms with Gasteiger partial charge in [0, 0.05) is 32.2 Å². The van der Waals surface area contributed by atoms with Crippen LogP contribution in [0.2, 0.25) is 0 Å². The number of nitrogens with one attached hydrogen (secondary N) is 1. The number of halogens is 2. The Labute approximate surface area is 145 Å². The number of aromatic hydroxyl groups is 1. The number of benzene rings is 1. The summed E-state index contributed by atoms with van der Waals surface area (Å²) in [5.41, 5.74) is 1.27. The Kier molecular flexibility index (Phi) is 7.77. The van der Waals surface area contributed by atoms with Crippen LogP contribution < -0.4 is 10.1 Å². The van der Waals surface area contributed by atoms with Crippen LogP contribution in [0.1, 0.15) is 30.9 Å². The molecule has 1 aromatic rings. The van der Waals surface area contributed by atoms with Crippen molar-refractivity contribution >= 4 is 24.8 Å². The third-order valence-electron chi connectivity index (χ3n) is 4.43. The molecule has 2 N–H and O–H groups in total. The van der Waals surface area contributed by atoms with Crippen LogP contribution in [0.25, 0.3) is 0 Å². The van der Waals surface area contributed by atoms with Gasteiger partial charge in [-0.2, -0.15) is 0 Å². The number of methoxy groups -OCH3 is 1. The number of piperazine rings is 1. The summed E-state index contributed by atoms with van der Waals surface area (Å²) >= 11 is 0. The molecule has 0 bridgehead atoms. The SMILES string of the molecule is COc1cc([C@@H](CC2CC2)N2CCNCC2)ccc1O.Cl.Cl. The number of hydrogen-bond acceptors (Lipinski definition) is 4. The fraction of sp³-hybridized carbons (Fsp3) is 0.625. The van der Waals surface area contributed by atoms with Crippen LogP contribution in [0.15, 0.2) is 18.2 Å². The number of ether oxygens (including phenoxy) is 1. The predicted octanol–water partition coefficient (Wildman–Crippen LogP) is 2.99. The van der Waals surface area contributed by atoms with Crippen LogP contribution >= 0.6 is 24.8 Å². The number of rotatable bonds is 5. The molecule has 0 unspecified atom stereocenters. The molecule has 0 amide bonds. The number of phenolic OH excluding ortho intramolecular Hbond substituents is 1. The Bertz CT molecular complexity index is 463. The van der Waals surface area contributed by atoms with E-state index in [1.807, 2.05) is 12.1 Å². The molecule has 3 rings (SSSR count). The highest BCUT2D eigenvalue weighted by Crippen LogP contribution is 2.41. The van der Waals surface area contributed by atoms with Crippen molar-refractivity contribution < 1.29 is 9.84 Å². The van der Waals surface area contributed by atoms with Gasteiger partial charge < -0.3 is 15.2 Å². The summed E-state index contributed by atoms with van der Waals surface area (Å²) < 4.78 is 5.26. The van der Waals surface area contributed by atoms with Gasteiger partial charge in [0.05, 0.1) is 7.11 Å². The predicted molar refractivity (Wildman–Crippen MR) is 93.7 cm³/mol. The van der Waals surface area contributed by atoms with Crippen molar-refractivity contribution in [2.24, 2.45) is 5.92 Å². The molecular weight excluding hydrogens is 323 g/mol. The number of phenols is 1. The molecule has 2 fully saturated rings. The molecule has 0 aromatic heterocycles.